The zero-order chi connectivity index (χ0) is 13.8. The molecule has 0 aliphatic carbocycles. The summed E-state index contributed by atoms with van der Waals surface area (Å²) in [5, 5.41) is 2.63. The van der Waals surface area contributed by atoms with E-state index in [1.807, 2.05) is 0 Å². The van der Waals surface area contributed by atoms with Gasteiger partial charge >= 0.3 is 0 Å². The summed E-state index contributed by atoms with van der Waals surface area (Å²) in [6, 6.07) is 10.3. The van der Waals surface area contributed by atoms with E-state index in [1.54, 1.807) is 24.3 Å². The van der Waals surface area contributed by atoms with Crippen molar-refractivity contribution in [2.75, 3.05) is 0 Å². The molecule has 0 spiro atoms. The third kappa shape index (κ3) is 3.54. The highest BCUT2D eigenvalue weighted by Crippen LogP contribution is 2.10. The molecular formula is C14H11F2NOS. The fourth-order valence-electron chi connectivity index (χ4n) is 1.58. The van der Waals surface area contributed by atoms with Gasteiger partial charge in [0.15, 0.2) is 11.6 Å². The van der Waals surface area contributed by atoms with Crippen molar-refractivity contribution < 1.29 is 13.6 Å². The Hall–Kier alpha value is -1.88. The lowest BCUT2D eigenvalue weighted by Gasteiger charge is -2.06. The maximum Gasteiger partial charge on any atom is 0.251 e. The van der Waals surface area contributed by atoms with E-state index in [0.29, 0.717) is 16.0 Å². The standard InChI is InChI=1S/C14H11F2NOS/c15-12-5-4-9(6-13(12)16)8-17-14(18)10-2-1-3-11(19)7-10/h1-7,19H,8H2,(H,17,18). The first-order valence-corrected chi connectivity index (χ1v) is 6.02. The average Bonchev–Trinajstić information content (AvgIpc) is 2.40. The normalized spacial score (nSPS) is 10.3. The molecule has 98 valence electrons. The number of carbonyl (C=O) groups is 1. The molecule has 1 amide bonds. The minimum atomic E-state index is -0.927. The summed E-state index contributed by atoms with van der Waals surface area (Å²) in [6.07, 6.45) is 0. The average molecular weight is 279 g/mol. The second-order valence-corrected chi connectivity index (χ2v) is 4.50. The van der Waals surface area contributed by atoms with Crippen molar-refractivity contribution in [2.45, 2.75) is 11.4 Å². The molecule has 2 rings (SSSR count). The summed E-state index contributed by atoms with van der Waals surface area (Å²) in [4.78, 5) is 12.5. The van der Waals surface area contributed by atoms with Crippen molar-refractivity contribution in [2.24, 2.45) is 0 Å². The summed E-state index contributed by atoms with van der Waals surface area (Å²) < 4.78 is 25.7. The van der Waals surface area contributed by atoms with Crippen LogP contribution in [0, 0.1) is 11.6 Å². The largest absolute Gasteiger partial charge is 0.348 e. The predicted molar refractivity (Wildman–Crippen MR) is 71.2 cm³/mol. The number of nitrogens with one attached hydrogen (secondary N) is 1. The number of hydrogen-bond donors (Lipinski definition) is 2. The van der Waals surface area contributed by atoms with Gasteiger partial charge in [-0.25, -0.2) is 8.78 Å². The predicted octanol–water partition coefficient (Wildman–Crippen LogP) is 3.18. The fourth-order valence-corrected chi connectivity index (χ4v) is 1.81. The van der Waals surface area contributed by atoms with Crippen molar-refractivity contribution in [3.05, 3.63) is 65.2 Å². The van der Waals surface area contributed by atoms with Crippen LogP contribution in [0.1, 0.15) is 15.9 Å². The Balaban J connectivity index is 2.02. The van der Waals surface area contributed by atoms with Crippen LogP contribution in [0.5, 0.6) is 0 Å². The van der Waals surface area contributed by atoms with Crippen LogP contribution in [0.3, 0.4) is 0 Å². The van der Waals surface area contributed by atoms with Crippen molar-refractivity contribution in [3.63, 3.8) is 0 Å². The minimum Gasteiger partial charge on any atom is -0.348 e. The number of benzene rings is 2. The maximum absolute atomic E-state index is 13.0. The van der Waals surface area contributed by atoms with Gasteiger partial charge < -0.3 is 5.32 Å². The molecule has 0 aliphatic rings. The highest BCUT2D eigenvalue weighted by Gasteiger charge is 2.07. The van der Waals surface area contributed by atoms with Crippen LogP contribution >= 0.6 is 12.6 Å². The molecular weight excluding hydrogens is 268 g/mol. The lowest BCUT2D eigenvalue weighted by atomic mass is 10.2. The summed E-state index contributed by atoms with van der Waals surface area (Å²) >= 11 is 4.14. The topological polar surface area (TPSA) is 29.1 Å². The van der Waals surface area contributed by atoms with Gasteiger partial charge in [0.05, 0.1) is 0 Å². The van der Waals surface area contributed by atoms with Crippen LogP contribution in [0.2, 0.25) is 0 Å². The van der Waals surface area contributed by atoms with Crippen LogP contribution < -0.4 is 5.32 Å². The van der Waals surface area contributed by atoms with E-state index in [2.05, 4.69) is 17.9 Å². The smallest absolute Gasteiger partial charge is 0.251 e. The molecule has 19 heavy (non-hydrogen) atoms. The van der Waals surface area contributed by atoms with Crippen LogP contribution in [0.15, 0.2) is 47.4 Å². The zero-order valence-electron chi connectivity index (χ0n) is 9.86. The highest BCUT2D eigenvalue weighted by atomic mass is 32.1. The third-order valence-electron chi connectivity index (χ3n) is 2.55. The Morgan fingerprint density at radius 1 is 1.11 bits per heavy atom. The van der Waals surface area contributed by atoms with Crippen LogP contribution in [-0.4, -0.2) is 5.91 Å². The van der Waals surface area contributed by atoms with Crippen molar-refractivity contribution in [1.82, 2.24) is 5.32 Å². The Labute approximate surface area is 114 Å². The van der Waals surface area contributed by atoms with Crippen molar-refractivity contribution >= 4 is 18.5 Å². The van der Waals surface area contributed by atoms with E-state index < -0.39 is 11.6 Å². The van der Waals surface area contributed by atoms with Gasteiger partial charge in [-0.3, -0.25) is 4.79 Å². The number of rotatable bonds is 3. The molecule has 0 heterocycles. The Kier molecular flexibility index (Phi) is 4.16. The van der Waals surface area contributed by atoms with Crippen LogP contribution in [0.25, 0.3) is 0 Å². The molecule has 1 N–H and O–H groups in total. The van der Waals surface area contributed by atoms with Gasteiger partial charge in [-0.2, -0.15) is 0 Å². The summed E-state index contributed by atoms with van der Waals surface area (Å²) in [6.45, 7) is 0.132. The first kappa shape index (κ1) is 13.5. The summed E-state index contributed by atoms with van der Waals surface area (Å²) in [5.41, 5.74) is 0.962. The third-order valence-corrected chi connectivity index (χ3v) is 2.82. The molecule has 0 atom stereocenters. The van der Waals surface area contributed by atoms with E-state index in [1.165, 1.54) is 6.07 Å². The quantitative estimate of drug-likeness (QED) is 0.830. The van der Waals surface area contributed by atoms with E-state index in [4.69, 9.17) is 0 Å². The number of amides is 1. The van der Waals surface area contributed by atoms with Gasteiger partial charge in [-0.1, -0.05) is 12.1 Å². The van der Waals surface area contributed by atoms with Crippen molar-refractivity contribution in [3.8, 4) is 0 Å². The lowest BCUT2D eigenvalue weighted by Crippen LogP contribution is -2.22. The molecule has 2 aromatic carbocycles. The van der Waals surface area contributed by atoms with E-state index in [9.17, 15) is 13.6 Å². The first-order chi connectivity index (χ1) is 9.06. The zero-order valence-corrected chi connectivity index (χ0v) is 10.8. The summed E-state index contributed by atoms with van der Waals surface area (Å²) in [5.74, 6) is -2.12. The number of halogens is 2. The Bertz CT molecular complexity index is 616. The molecule has 2 nitrogen and oxygen atoms in total. The van der Waals surface area contributed by atoms with Crippen molar-refractivity contribution in [1.29, 1.82) is 0 Å². The SMILES string of the molecule is O=C(NCc1ccc(F)c(F)c1)c1cccc(S)c1. The van der Waals surface area contributed by atoms with Gasteiger partial charge in [-0.05, 0) is 35.9 Å². The summed E-state index contributed by atoms with van der Waals surface area (Å²) in [7, 11) is 0. The second-order valence-electron chi connectivity index (χ2n) is 3.98. The highest BCUT2D eigenvalue weighted by molar-refractivity contribution is 7.80. The van der Waals surface area contributed by atoms with Gasteiger partial charge in [0, 0.05) is 17.0 Å². The molecule has 0 unspecified atom stereocenters. The fraction of sp³-hybridized carbons (Fsp3) is 0.0714. The van der Waals surface area contributed by atoms with Crippen LogP contribution in [-0.2, 0) is 6.54 Å². The maximum atomic E-state index is 13.0. The molecule has 0 aromatic heterocycles. The molecule has 0 fully saturated rings. The Morgan fingerprint density at radius 2 is 1.89 bits per heavy atom. The van der Waals surface area contributed by atoms with Gasteiger partial charge in [-0.15, -0.1) is 12.6 Å². The van der Waals surface area contributed by atoms with Gasteiger partial charge in [0.2, 0.25) is 0 Å². The molecule has 0 saturated heterocycles. The first-order valence-electron chi connectivity index (χ1n) is 5.57. The molecule has 5 heteroatoms. The number of thiol groups is 1. The second kappa shape index (κ2) is 5.84. The Morgan fingerprint density at radius 3 is 2.58 bits per heavy atom. The number of hydrogen-bond acceptors (Lipinski definition) is 2. The monoisotopic (exact) mass is 279 g/mol. The molecule has 0 saturated carbocycles. The molecule has 0 radical (unpaired) electrons. The van der Waals surface area contributed by atoms with Gasteiger partial charge in [0.25, 0.3) is 5.91 Å². The van der Waals surface area contributed by atoms with Crippen LogP contribution in [0.4, 0.5) is 8.78 Å². The molecule has 0 bridgehead atoms. The van der Waals surface area contributed by atoms with E-state index >= 15 is 0 Å². The molecule has 0 aliphatic heterocycles. The van der Waals surface area contributed by atoms with E-state index in [0.717, 1.165) is 12.1 Å². The van der Waals surface area contributed by atoms with E-state index in [-0.39, 0.29) is 12.5 Å². The van der Waals surface area contributed by atoms with Gasteiger partial charge in [0.1, 0.15) is 0 Å². The molecule has 2 aromatic rings. The minimum absolute atomic E-state index is 0.132. The number of carbonyl (C=O) groups excluding carboxylic acids is 1. The lowest BCUT2D eigenvalue weighted by molar-refractivity contribution is 0.0950.